The molecular weight excluding hydrogens is 256 g/mol. The summed E-state index contributed by atoms with van der Waals surface area (Å²) in [5, 5.41) is 10.9. The van der Waals surface area contributed by atoms with E-state index < -0.39 is 5.97 Å². The Labute approximate surface area is 117 Å². The molecule has 0 bridgehead atoms. The lowest BCUT2D eigenvalue weighted by Gasteiger charge is -2.11. The third-order valence-electron chi connectivity index (χ3n) is 2.63. The zero-order valence-corrected chi connectivity index (χ0v) is 11.2. The van der Waals surface area contributed by atoms with E-state index in [0.29, 0.717) is 30.1 Å². The summed E-state index contributed by atoms with van der Waals surface area (Å²) >= 11 is 0. The van der Waals surface area contributed by atoms with Crippen LogP contribution >= 0.6 is 0 Å². The first-order valence-electron chi connectivity index (χ1n) is 6.27. The van der Waals surface area contributed by atoms with Crippen molar-refractivity contribution in [2.24, 2.45) is 0 Å². The maximum absolute atomic E-state index is 11.9. The Morgan fingerprint density at radius 2 is 2.25 bits per heavy atom. The summed E-state index contributed by atoms with van der Waals surface area (Å²) in [4.78, 5) is 11.9. The second kappa shape index (κ2) is 6.51. The Balaban J connectivity index is 2.16. The molecule has 6 heteroatoms. The van der Waals surface area contributed by atoms with E-state index in [-0.39, 0.29) is 0 Å². The number of hydrogen-bond donors (Lipinski definition) is 2. The van der Waals surface area contributed by atoms with Crippen molar-refractivity contribution in [3.63, 3.8) is 0 Å². The van der Waals surface area contributed by atoms with Crippen molar-refractivity contribution in [2.45, 2.75) is 13.5 Å². The number of esters is 1. The number of nitrogens with one attached hydrogen (secondary N) is 1. The minimum atomic E-state index is -0.401. The predicted molar refractivity (Wildman–Crippen MR) is 76.2 cm³/mol. The molecule has 0 amide bonds. The number of carbonyl (C=O) groups is 1. The number of carbonyl (C=O) groups excluding carboxylic acids is 1. The van der Waals surface area contributed by atoms with Gasteiger partial charge in [-0.25, -0.2) is 4.79 Å². The molecule has 0 aliphatic rings. The summed E-state index contributed by atoms with van der Waals surface area (Å²) in [6, 6.07) is 8.72. The van der Waals surface area contributed by atoms with Crippen LogP contribution in [0, 0.1) is 0 Å². The molecule has 1 heterocycles. The largest absolute Gasteiger partial charge is 0.462 e. The van der Waals surface area contributed by atoms with Crippen LogP contribution in [0.5, 0.6) is 0 Å². The Kier molecular flexibility index (Phi) is 4.49. The maximum atomic E-state index is 11.9. The highest BCUT2D eigenvalue weighted by atomic mass is 16.5. The molecular formula is C14H16N4O2. The minimum absolute atomic E-state index is 0.317. The van der Waals surface area contributed by atoms with Crippen molar-refractivity contribution in [1.29, 1.82) is 0 Å². The third kappa shape index (κ3) is 3.44. The van der Waals surface area contributed by atoms with Crippen molar-refractivity contribution >= 4 is 17.3 Å². The molecule has 104 valence electrons. The van der Waals surface area contributed by atoms with E-state index in [1.165, 1.54) is 0 Å². The fourth-order valence-corrected chi connectivity index (χ4v) is 1.71. The quantitative estimate of drug-likeness (QED) is 0.637. The van der Waals surface area contributed by atoms with Gasteiger partial charge in [0, 0.05) is 17.6 Å². The van der Waals surface area contributed by atoms with Gasteiger partial charge in [0.15, 0.2) is 0 Å². The number of benzene rings is 1. The van der Waals surface area contributed by atoms with Crippen molar-refractivity contribution in [2.75, 3.05) is 17.7 Å². The number of nitrogens with two attached hydrogens (primary N) is 1. The zero-order chi connectivity index (χ0) is 14.4. The van der Waals surface area contributed by atoms with Crippen molar-refractivity contribution < 1.29 is 9.53 Å². The van der Waals surface area contributed by atoms with Gasteiger partial charge in [0.1, 0.15) is 0 Å². The van der Waals surface area contributed by atoms with Gasteiger partial charge in [0.05, 0.1) is 24.4 Å². The molecule has 0 saturated carbocycles. The van der Waals surface area contributed by atoms with E-state index in [1.807, 2.05) is 6.07 Å². The predicted octanol–water partition coefficient (Wildman–Crippen LogP) is 1.85. The molecule has 0 atom stereocenters. The highest BCUT2D eigenvalue weighted by molar-refractivity contribution is 5.96. The summed E-state index contributed by atoms with van der Waals surface area (Å²) in [5.74, 6) is -0.401. The SMILES string of the molecule is CCOC(=O)c1cc(N)ccc1NCc1cccnn1. The van der Waals surface area contributed by atoms with E-state index in [2.05, 4.69) is 15.5 Å². The van der Waals surface area contributed by atoms with Crippen LogP contribution in [-0.2, 0) is 11.3 Å². The molecule has 0 aliphatic carbocycles. The lowest BCUT2D eigenvalue weighted by molar-refractivity contribution is 0.0527. The summed E-state index contributed by atoms with van der Waals surface area (Å²) in [6.45, 7) is 2.54. The Morgan fingerprint density at radius 3 is 2.95 bits per heavy atom. The van der Waals surface area contributed by atoms with Crippen molar-refractivity contribution in [1.82, 2.24) is 10.2 Å². The number of rotatable bonds is 5. The summed E-state index contributed by atoms with van der Waals surface area (Å²) in [5.41, 5.74) is 8.07. The fourth-order valence-electron chi connectivity index (χ4n) is 1.71. The minimum Gasteiger partial charge on any atom is -0.462 e. The fraction of sp³-hybridized carbons (Fsp3) is 0.214. The third-order valence-corrected chi connectivity index (χ3v) is 2.63. The molecule has 0 spiro atoms. The lowest BCUT2D eigenvalue weighted by atomic mass is 10.1. The summed E-state index contributed by atoms with van der Waals surface area (Å²) in [7, 11) is 0. The number of hydrogen-bond acceptors (Lipinski definition) is 6. The van der Waals surface area contributed by atoms with Gasteiger partial charge >= 0.3 is 5.97 Å². The van der Waals surface area contributed by atoms with Gasteiger partial charge in [-0.2, -0.15) is 10.2 Å². The van der Waals surface area contributed by atoms with Crippen LogP contribution in [0.15, 0.2) is 36.5 Å². The van der Waals surface area contributed by atoms with Crippen LogP contribution in [0.4, 0.5) is 11.4 Å². The molecule has 3 N–H and O–H groups in total. The van der Waals surface area contributed by atoms with Crippen molar-refractivity contribution in [3.8, 4) is 0 Å². The van der Waals surface area contributed by atoms with Crippen molar-refractivity contribution in [3.05, 3.63) is 47.8 Å². The van der Waals surface area contributed by atoms with Gasteiger partial charge in [-0.05, 0) is 37.3 Å². The lowest BCUT2D eigenvalue weighted by Crippen LogP contribution is -2.11. The van der Waals surface area contributed by atoms with Gasteiger partial charge < -0.3 is 15.8 Å². The molecule has 0 aliphatic heterocycles. The highest BCUT2D eigenvalue weighted by Gasteiger charge is 2.13. The van der Waals surface area contributed by atoms with Crippen LogP contribution in [0.1, 0.15) is 23.0 Å². The molecule has 1 aromatic heterocycles. The first-order chi connectivity index (χ1) is 9.70. The second-order valence-corrected chi connectivity index (χ2v) is 4.09. The van der Waals surface area contributed by atoms with Gasteiger partial charge in [0.25, 0.3) is 0 Å². The molecule has 1 aromatic carbocycles. The molecule has 0 fully saturated rings. The number of anilines is 2. The molecule has 6 nitrogen and oxygen atoms in total. The van der Waals surface area contributed by atoms with Gasteiger partial charge in [-0.15, -0.1) is 0 Å². The number of nitrogens with zero attached hydrogens (tertiary/aromatic N) is 2. The average molecular weight is 272 g/mol. The Bertz CT molecular complexity index is 587. The monoisotopic (exact) mass is 272 g/mol. The number of aromatic nitrogens is 2. The van der Waals surface area contributed by atoms with E-state index in [4.69, 9.17) is 10.5 Å². The normalized spacial score (nSPS) is 10.1. The van der Waals surface area contributed by atoms with Crippen LogP contribution in [0.25, 0.3) is 0 Å². The standard InChI is InChI=1S/C14H16N4O2/c1-2-20-14(19)12-8-10(15)5-6-13(12)16-9-11-4-3-7-17-18-11/h3-8,16H,2,9,15H2,1H3. The smallest absolute Gasteiger partial charge is 0.340 e. The van der Waals surface area contributed by atoms with E-state index >= 15 is 0 Å². The molecule has 20 heavy (non-hydrogen) atoms. The van der Waals surface area contributed by atoms with Crippen LogP contribution in [0.2, 0.25) is 0 Å². The maximum Gasteiger partial charge on any atom is 0.340 e. The van der Waals surface area contributed by atoms with E-state index in [0.717, 1.165) is 5.69 Å². The van der Waals surface area contributed by atoms with Crippen LogP contribution in [-0.4, -0.2) is 22.8 Å². The molecule has 0 radical (unpaired) electrons. The van der Waals surface area contributed by atoms with Crippen LogP contribution < -0.4 is 11.1 Å². The molecule has 2 aromatic rings. The molecule has 2 rings (SSSR count). The van der Waals surface area contributed by atoms with Crippen LogP contribution in [0.3, 0.4) is 0 Å². The number of nitrogen functional groups attached to an aromatic ring is 1. The second-order valence-electron chi connectivity index (χ2n) is 4.09. The van der Waals surface area contributed by atoms with Gasteiger partial charge in [-0.1, -0.05) is 0 Å². The highest BCUT2D eigenvalue weighted by Crippen LogP contribution is 2.20. The number of ether oxygens (including phenoxy) is 1. The Morgan fingerprint density at radius 1 is 1.40 bits per heavy atom. The van der Waals surface area contributed by atoms with Gasteiger partial charge in [-0.3, -0.25) is 0 Å². The average Bonchev–Trinajstić information content (AvgIpc) is 2.47. The summed E-state index contributed by atoms with van der Waals surface area (Å²) in [6.07, 6.45) is 1.61. The zero-order valence-electron chi connectivity index (χ0n) is 11.2. The summed E-state index contributed by atoms with van der Waals surface area (Å²) < 4.78 is 5.01. The molecule has 0 saturated heterocycles. The topological polar surface area (TPSA) is 90.1 Å². The first kappa shape index (κ1) is 13.8. The van der Waals surface area contributed by atoms with E-state index in [1.54, 1.807) is 37.4 Å². The Hall–Kier alpha value is -2.63. The van der Waals surface area contributed by atoms with E-state index in [9.17, 15) is 4.79 Å². The molecule has 0 unspecified atom stereocenters. The first-order valence-corrected chi connectivity index (χ1v) is 6.27. The van der Waals surface area contributed by atoms with Gasteiger partial charge in [0.2, 0.25) is 0 Å².